The molecule has 15 heavy (non-hydrogen) atoms. The van der Waals surface area contributed by atoms with Gasteiger partial charge in [-0.15, -0.1) is 0 Å². The molecule has 0 aromatic carbocycles. The topological polar surface area (TPSA) is 12.0 Å². The van der Waals surface area contributed by atoms with Crippen molar-refractivity contribution >= 4 is 22.9 Å². The van der Waals surface area contributed by atoms with Crippen LogP contribution in [0.5, 0.6) is 0 Å². The molecule has 0 saturated heterocycles. The maximum absolute atomic E-state index is 6.90. The SMILES string of the molecule is [3H]N(I)C#CC#CC#CC#CC#CC#CC. The molecule has 1 nitrogen and oxygen atoms in total. The monoisotopic (exact) mass is 303 g/mol. The third-order valence-corrected chi connectivity index (χ3v) is 1.03. The van der Waals surface area contributed by atoms with Crippen LogP contribution in [0.2, 0.25) is 1.41 Å². The van der Waals surface area contributed by atoms with Gasteiger partial charge in [0.15, 0.2) is 1.41 Å². The molecule has 0 atom stereocenters. The van der Waals surface area contributed by atoms with Gasteiger partial charge in [0.05, 0.1) is 22.9 Å². The molecule has 0 aliphatic rings. The van der Waals surface area contributed by atoms with Gasteiger partial charge in [0.2, 0.25) is 0 Å². The van der Waals surface area contributed by atoms with E-state index in [1.807, 2.05) is 0 Å². The summed E-state index contributed by atoms with van der Waals surface area (Å²) in [6.45, 7) is 1.70. The largest absolute Gasteiger partial charge is 0.287 e. The Hall–Kier alpha value is -2.11. The lowest BCUT2D eigenvalue weighted by Gasteiger charge is -1.65. The lowest BCUT2D eigenvalue weighted by Crippen LogP contribution is -1.77. The van der Waals surface area contributed by atoms with Crippen molar-refractivity contribution in [2.45, 2.75) is 6.92 Å². The number of hydrogen-bond acceptors (Lipinski definition) is 1. The average Bonchev–Trinajstić information content (AvgIpc) is 2.25. The highest BCUT2D eigenvalue weighted by Crippen LogP contribution is 1.60. The summed E-state index contributed by atoms with van der Waals surface area (Å²) < 4.78 is 7.83. The Labute approximate surface area is 106 Å². The van der Waals surface area contributed by atoms with Crippen molar-refractivity contribution in [1.82, 2.24) is 3.52 Å². The number of nitrogens with one attached hydrogen (secondary N) is 1. The molecule has 0 aliphatic carbocycles. The van der Waals surface area contributed by atoms with Crippen LogP contribution in [0.3, 0.4) is 0 Å². The molecular weight excluding hydrogens is 297 g/mol. The Morgan fingerprint density at radius 2 is 1.20 bits per heavy atom. The molecule has 0 aromatic heterocycles. The molecule has 0 aliphatic heterocycles. The predicted molar refractivity (Wildman–Crippen MR) is 69.5 cm³/mol. The predicted octanol–water partition coefficient (Wildman–Crippen LogP) is 0.924. The van der Waals surface area contributed by atoms with E-state index < -0.39 is 0 Å². The standard InChI is InChI=1S/C13H4IN/c1-2-3-4-5-6-7-8-9-10-11-12-13-15-14/h15H,1H3/i/hT. The molecule has 0 saturated carbocycles. The first-order valence-electron chi connectivity index (χ1n) is 4.09. The minimum atomic E-state index is 0.935. The third-order valence-electron chi connectivity index (χ3n) is 0.786. The normalized spacial score (nSPS) is 5.07. The highest BCUT2D eigenvalue weighted by atomic mass is 127. The Bertz CT molecular complexity index is 593. The fourth-order valence-electron chi connectivity index (χ4n) is 0.362. The molecular formula is C13H4IN. The van der Waals surface area contributed by atoms with E-state index in [1.54, 1.807) is 29.8 Å². The van der Waals surface area contributed by atoms with Crippen LogP contribution in [0.25, 0.3) is 0 Å². The molecule has 0 rings (SSSR count). The van der Waals surface area contributed by atoms with Gasteiger partial charge in [-0.2, -0.15) is 0 Å². The van der Waals surface area contributed by atoms with Crippen LogP contribution < -0.4 is 3.52 Å². The van der Waals surface area contributed by atoms with Crippen LogP contribution in [0.4, 0.5) is 0 Å². The molecule has 0 unspecified atom stereocenters. The Balaban J connectivity index is 4.20. The maximum Gasteiger partial charge on any atom is 0.183 e. The van der Waals surface area contributed by atoms with E-state index in [-0.39, 0.29) is 0 Å². The number of rotatable bonds is 0. The van der Waals surface area contributed by atoms with Crippen molar-refractivity contribution in [3.05, 3.63) is 0 Å². The van der Waals surface area contributed by atoms with Crippen molar-refractivity contribution in [2.24, 2.45) is 0 Å². The van der Waals surface area contributed by atoms with Gasteiger partial charge >= 0.3 is 0 Å². The maximum atomic E-state index is 6.90. The van der Waals surface area contributed by atoms with Gasteiger partial charge in [-0.3, -0.25) is 3.52 Å². The smallest absolute Gasteiger partial charge is 0.183 e. The lowest BCUT2D eigenvalue weighted by atomic mass is 10.5. The summed E-state index contributed by atoms with van der Waals surface area (Å²) in [5, 5.41) is 0. The van der Waals surface area contributed by atoms with E-state index in [0.717, 1.165) is 3.52 Å². The fourth-order valence-corrected chi connectivity index (χ4v) is 0.482. The van der Waals surface area contributed by atoms with Crippen LogP contribution in [0.1, 0.15) is 6.92 Å². The molecule has 1 N–H and O–H groups in total. The van der Waals surface area contributed by atoms with Gasteiger partial charge in [-0.05, 0) is 36.5 Å². The van der Waals surface area contributed by atoms with Gasteiger partial charge < -0.3 is 0 Å². The first-order chi connectivity index (χ1) is 7.77. The number of halogens is 1. The molecule has 0 fully saturated rings. The summed E-state index contributed by atoms with van der Waals surface area (Å²) in [7, 11) is 0. The van der Waals surface area contributed by atoms with E-state index in [4.69, 9.17) is 1.41 Å². The summed E-state index contributed by atoms with van der Waals surface area (Å²) in [6.07, 6.45) is 0. The van der Waals surface area contributed by atoms with Gasteiger partial charge in [0.25, 0.3) is 0 Å². The molecule has 2 heteroatoms. The van der Waals surface area contributed by atoms with Crippen LogP contribution in [0, 0.1) is 71.2 Å². The van der Waals surface area contributed by atoms with Gasteiger partial charge in [-0.25, -0.2) is 0 Å². The minimum Gasteiger partial charge on any atom is -0.287 e. The highest BCUT2D eigenvalue weighted by molar-refractivity contribution is 14.1. The second-order valence-electron chi connectivity index (χ2n) is 1.70. The highest BCUT2D eigenvalue weighted by Gasteiger charge is 1.57. The van der Waals surface area contributed by atoms with Gasteiger partial charge in [0, 0.05) is 35.6 Å². The zero-order chi connectivity index (χ0) is 12.1. The summed E-state index contributed by atoms with van der Waals surface area (Å²) in [6, 6.07) is 2.39. The molecule has 0 heterocycles. The summed E-state index contributed by atoms with van der Waals surface area (Å²) in [5.41, 5.74) is 0. The molecule has 68 valence electrons. The molecule has 0 aromatic rings. The minimum absolute atomic E-state index is 0.935. The van der Waals surface area contributed by atoms with Gasteiger partial charge in [0.1, 0.15) is 0 Å². The van der Waals surface area contributed by atoms with E-state index >= 15 is 0 Å². The third kappa shape index (κ3) is 11.9. The Morgan fingerprint density at radius 3 is 1.60 bits per heavy atom. The van der Waals surface area contributed by atoms with Crippen LogP contribution in [-0.2, 0) is 0 Å². The van der Waals surface area contributed by atoms with Crippen LogP contribution in [0.15, 0.2) is 0 Å². The molecule has 0 radical (unpaired) electrons. The number of hydrogen-bond donors (Lipinski definition) is 1. The van der Waals surface area contributed by atoms with E-state index in [1.165, 1.54) is 0 Å². The lowest BCUT2D eigenvalue weighted by molar-refractivity contribution is 1.61. The zero-order valence-corrected chi connectivity index (χ0v) is 9.98. The molecule has 0 amide bonds. The van der Waals surface area contributed by atoms with Crippen molar-refractivity contribution in [1.29, 1.82) is 0 Å². The van der Waals surface area contributed by atoms with Crippen molar-refractivity contribution in [3.8, 4) is 71.2 Å². The first-order valence-corrected chi connectivity index (χ1v) is 4.61. The molecule has 0 spiro atoms. The van der Waals surface area contributed by atoms with Crippen LogP contribution in [-0.4, -0.2) is 0 Å². The zero-order valence-electron chi connectivity index (χ0n) is 8.83. The Kier molecular flexibility index (Phi) is 8.69. The van der Waals surface area contributed by atoms with E-state index in [2.05, 4.69) is 71.2 Å². The van der Waals surface area contributed by atoms with Crippen molar-refractivity contribution in [2.75, 3.05) is 0 Å². The summed E-state index contributed by atoms with van der Waals surface area (Å²) in [4.78, 5) is 0. The summed E-state index contributed by atoms with van der Waals surface area (Å²) in [5.74, 6) is 27.5. The average molecular weight is 303 g/mol. The quantitative estimate of drug-likeness (QED) is 0.304. The van der Waals surface area contributed by atoms with Crippen LogP contribution >= 0.6 is 22.9 Å². The first kappa shape index (κ1) is 11.0. The van der Waals surface area contributed by atoms with Crippen molar-refractivity contribution in [3.63, 3.8) is 0 Å². The van der Waals surface area contributed by atoms with E-state index in [9.17, 15) is 0 Å². The van der Waals surface area contributed by atoms with E-state index in [0.29, 0.717) is 0 Å². The fraction of sp³-hybridized carbons (Fsp3) is 0.0769. The summed E-state index contributed by atoms with van der Waals surface area (Å²) >= 11 is 1.71. The van der Waals surface area contributed by atoms with Gasteiger partial charge in [-0.1, -0.05) is 5.92 Å². The second-order valence-corrected chi connectivity index (χ2v) is 2.18. The second kappa shape index (κ2) is 11.9. The van der Waals surface area contributed by atoms with Crippen molar-refractivity contribution < 1.29 is 1.41 Å². The molecule has 0 bridgehead atoms. The Morgan fingerprint density at radius 1 is 0.800 bits per heavy atom.